The summed E-state index contributed by atoms with van der Waals surface area (Å²) in [4.78, 5) is 11.9. The third-order valence-electron chi connectivity index (χ3n) is 3.20. The molecular weight excluding hydrogens is 280 g/mol. The molecule has 3 heterocycles. The molecule has 0 aliphatic carbocycles. The van der Waals surface area contributed by atoms with Crippen molar-refractivity contribution in [2.24, 2.45) is 0 Å². The SMILES string of the molecule is Cc1sc(SN2CCn3cccc3C2)cc1C(=O)O. The fraction of sp³-hybridized carbons (Fsp3) is 0.308. The lowest BCUT2D eigenvalue weighted by Gasteiger charge is -2.26. The Morgan fingerprint density at radius 3 is 3.05 bits per heavy atom. The Hall–Kier alpha value is -1.24. The quantitative estimate of drug-likeness (QED) is 0.884. The van der Waals surface area contributed by atoms with Gasteiger partial charge in [-0.1, -0.05) is 0 Å². The van der Waals surface area contributed by atoms with Crippen molar-refractivity contribution in [3.63, 3.8) is 0 Å². The molecule has 19 heavy (non-hydrogen) atoms. The van der Waals surface area contributed by atoms with Gasteiger partial charge in [-0.2, -0.15) is 0 Å². The molecule has 0 amide bonds. The Labute approximate surface area is 119 Å². The Morgan fingerprint density at radius 1 is 1.47 bits per heavy atom. The van der Waals surface area contributed by atoms with Crippen molar-refractivity contribution in [1.29, 1.82) is 0 Å². The van der Waals surface area contributed by atoms with E-state index in [0.29, 0.717) is 5.56 Å². The van der Waals surface area contributed by atoms with Crippen LogP contribution in [0, 0.1) is 6.92 Å². The largest absolute Gasteiger partial charge is 0.478 e. The summed E-state index contributed by atoms with van der Waals surface area (Å²) in [5.74, 6) is -0.840. The van der Waals surface area contributed by atoms with Crippen molar-refractivity contribution in [3.05, 3.63) is 40.5 Å². The molecule has 0 aromatic carbocycles. The minimum absolute atomic E-state index is 0.424. The van der Waals surface area contributed by atoms with E-state index in [4.69, 9.17) is 5.11 Å². The molecule has 0 unspecified atom stereocenters. The predicted octanol–water partition coefficient (Wildman–Crippen LogP) is 3.08. The van der Waals surface area contributed by atoms with Gasteiger partial charge in [-0.05, 0) is 37.1 Å². The van der Waals surface area contributed by atoms with Crippen molar-refractivity contribution >= 4 is 29.3 Å². The third-order valence-corrected chi connectivity index (χ3v) is 5.38. The van der Waals surface area contributed by atoms with Crippen LogP contribution in [0.2, 0.25) is 0 Å². The maximum absolute atomic E-state index is 11.0. The van der Waals surface area contributed by atoms with Crippen molar-refractivity contribution in [2.45, 2.75) is 24.2 Å². The van der Waals surface area contributed by atoms with Crippen LogP contribution >= 0.6 is 23.3 Å². The summed E-state index contributed by atoms with van der Waals surface area (Å²) in [5.41, 5.74) is 1.73. The number of fused-ring (bicyclic) bond motifs is 1. The van der Waals surface area contributed by atoms with Crippen LogP contribution in [0.3, 0.4) is 0 Å². The summed E-state index contributed by atoms with van der Waals surface area (Å²) >= 11 is 3.21. The van der Waals surface area contributed by atoms with Gasteiger partial charge in [0.1, 0.15) is 0 Å². The van der Waals surface area contributed by atoms with Crippen LogP contribution < -0.4 is 0 Å². The Kier molecular flexibility index (Phi) is 3.38. The number of aryl methyl sites for hydroxylation is 1. The van der Waals surface area contributed by atoms with Gasteiger partial charge in [0.05, 0.1) is 9.77 Å². The van der Waals surface area contributed by atoms with E-state index in [2.05, 4.69) is 27.2 Å². The molecule has 0 radical (unpaired) electrons. The average Bonchev–Trinajstić information content (AvgIpc) is 2.95. The van der Waals surface area contributed by atoms with Crippen LogP contribution in [-0.2, 0) is 13.1 Å². The zero-order valence-electron chi connectivity index (χ0n) is 10.5. The van der Waals surface area contributed by atoms with E-state index in [0.717, 1.165) is 28.7 Å². The number of nitrogens with zero attached hydrogens (tertiary/aromatic N) is 2. The Bertz CT molecular complexity index is 618. The van der Waals surface area contributed by atoms with Crippen LogP contribution in [0.15, 0.2) is 28.6 Å². The van der Waals surface area contributed by atoms with Crippen LogP contribution in [0.4, 0.5) is 0 Å². The molecule has 1 aliphatic heterocycles. The van der Waals surface area contributed by atoms with Gasteiger partial charge in [0.25, 0.3) is 0 Å². The number of thiophene rings is 1. The van der Waals surface area contributed by atoms with E-state index >= 15 is 0 Å². The first-order valence-electron chi connectivity index (χ1n) is 6.04. The maximum atomic E-state index is 11.0. The minimum Gasteiger partial charge on any atom is -0.478 e. The highest BCUT2D eigenvalue weighted by atomic mass is 32.2. The number of aromatic carboxylic acids is 1. The van der Waals surface area contributed by atoms with Gasteiger partial charge in [-0.25, -0.2) is 9.10 Å². The van der Waals surface area contributed by atoms with E-state index in [1.165, 1.54) is 5.69 Å². The molecule has 2 aromatic heterocycles. The van der Waals surface area contributed by atoms with Gasteiger partial charge in [-0.3, -0.25) is 0 Å². The average molecular weight is 294 g/mol. The molecule has 0 saturated carbocycles. The van der Waals surface area contributed by atoms with Gasteiger partial charge >= 0.3 is 5.97 Å². The molecule has 6 heteroatoms. The number of carbonyl (C=O) groups is 1. The molecular formula is C13H14N2O2S2. The lowest BCUT2D eigenvalue weighted by atomic mass is 10.3. The molecule has 0 bridgehead atoms. The monoisotopic (exact) mass is 294 g/mol. The molecule has 1 aliphatic rings. The van der Waals surface area contributed by atoms with Crippen molar-refractivity contribution in [1.82, 2.24) is 8.87 Å². The number of hydrogen-bond donors (Lipinski definition) is 1. The topological polar surface area (TPSA) is 45.5 Å². The molecule has 2 aromatic rings. The number of hydrogen-bond acceptors (Lipinski definition) is 4. The van der Waals surface area contributed by atoms with Gasteiger partial charge in [-0.15, -0.1) is 11.3 Å². The van der Waals surface area contributed by atoms with Crippen LogP contribution in [0.1, 0.15) is 20.9 Å². The smallest absolute Gasteiger partial charge is 0.336 e. The zero-order valence-corrected chi connectivity index (χ0v) is 12.1. The summed E-state index contributed by atoms with van der Waals surface area (Å²) in [5, 5.41) is 9.07. The molecule has 4 nitrogen and oxygen atoms in total. The first-order valence-corrected chi connectivity index (χ1v) is 7.63. The molecule has 0 atom stereocenters. The highest BCUT2D eigenvalue weighted by molar-refractivity contribution is 7.98. The molecule has 0 fully saturated rings. The lowest BCUT2D eigenvalue weighted by Crippen LogP contribution is -2.27. The molecule has 1 N–H and O–H groups in total. The summed E-state index contributed by atoms with van der Waals surface area (Å²) in [6, 6.07) is 5.98. The van der Waals surface area contributed by atoms with Gasteiger partial charge < -0.3 is 9.67 Å². The van der Waals surface area contributed by atoms with Crippen LogP contribution in [0.5, 0.6) is 0 Å². The van der Waals surface area contributed by atoms with E-state index in [9.17, 15) is 4.79 Å². The zero-order chi connectivity index (χ0) is 13.4. The second-order valence-electron chi connectivity index (χ2n) is 4.49. The van der Waals surface area contributed by atoms with E-state index in [1.807, 2.05) is 6.92 Å². The summed E-state index contributed by atoms with van der Waals surface area (Å²) in [6.07, 6.45) is 2.11. The maximum Gasteiger partial charge on any atom is 0.336 e. The molecule has 3 rings (SSSR count). The second kappa shape index (κ2) is 5.03. The van der Waals surface area contributed by atoms with E-state index in [1.54, 1.807) is 29.4 Å². The van der Waals surface area contributed by atoms with Crippen LogP contribution in [0.25, 0.3) is 0 Å². The first kappa shape index (κ1) is 12.8. The van der Waals surface area contributed by atoms with Crippen molar-refractivity contribution in [2.75, 3.05) is 6.54 Å². The summed E-state index contributed by atoms with van der Waals surface area (Å²) in [6.45, 7) is 4.73. The summed E-state index contributed by atoms with van der Waals surface area (Å²) < 4.78 is 5.60. The highest BCUT2D eigenvalue weighted by Crippen LogP contribution is 2.34. The fourth-order valence-corrected chi connectivity index (χ4v) is 4.58. The van der Waals surface area contributed by atoms with Crippen molar-refractivity contribution in [3.8, 4) is 0 Å². The fourth-order valence-electron chi connectivity index (χ4n) is 2.21. The van der Waals surface area contributed by atoms with Gasteiger partial charge in [0, 0.05) is 36.4 Å². The Morgan fingerprint density at radius 2 is 2.32 bits per heavy atom. The van der Waals surface area contributed by atoms with E-state index in [-0.39, 0.29) is 0 Å². The molecule has 100 valence electrons. The lowest BCUT2D eigenvalue weighted by molar-refractivity contribution is 0.0696. The first-order chi connectivity index (χ1) is 9.13. The van der Waals surface area contributed by atoms with Crippen molar-refractivity contribution < 1.29 is 9.90 Å². The summed E-state index contributed by atoms with van der Waals surface area (Å²) in [7, 11) is 0. The van der Waals surface area contributed by atoms with Gasteiger partial charge in [0.2, 0.25) is 0 Å². The number of carboxylic acids is 1. The van der Waals surface area contributed by atoms with Gasteiger partial charge in [0.15, 0.2) is 0 Å². The highest BCUT2D eigenvalue weighted by Gasteiger charge is 2.19. The minimum atomic E-state index is -0.840. The number of carboxylic acid groups (broad SMARTS) is 1. The predicted molar refractivity (Wildman–Crippen MR) is 76.7 cm³/mol. The second-order valence-corrected chi connectivity index (χ2v) is 7.14. The molecule has 0 saturated heterocycles. The molecule has 0 spiro atoms. The number of rotatable bonds is 3. The standard InChI is InChI=1S/C13H14N2O2S2/c1-9-11(13(16)17)7-12(18-9)19-15-6-5-14-4-2-3-10(14)8-15/h2-4,7H,5-6,8H2,1H3,(H,16,17). The third kappa shape index (κ3) is 2.56. The van der Waals surface area contributed by atoms with E-state index < -0.39 is 5.97 Å². The normalized spacial score (nSPS) is 15.4. The van der Waals surface area contributed by atoms with Crippen LogP contribution in [-0.4, -0.2) is 26.5 Å². The number of aromatic nitrogens is 1. The Balaban J connectivity index is 1.73.